The van der Waals surface area contributed by atoms with Crippen molar-refractivity contribution in [2.75, 3.05) is 0 Å². The lowest BCUT2D eigenvalue weighted by Crippen LogP contribution is -2.24. The van der Waals surface area contributed by atoms with Crippen LogP contribution >= 0.6 is 23.2 Å². The van der Waals surface area contributed by atoms with Gasteiger partial charge in [0.15, 0.2) is 0 Å². The molecule has 0 spiro atoms. The summed E-state index contributed by atoms with van der Waals surface area (Å²) in [6, 6.07) is 3.75. The molecule has 0 bridgehead atoms. The number of hydrogen-bond acceptors (Lipinski definition) is 3. The van der Waals surface area contributed by atoms with Crippen LogP contribution < -0.4 is 5.32 Å². The normalized spacial score (nSPS) is 11.3. The van der Waals surface area contributed by atoms with Gasteiger partial charge in [0.25, 0.3) is 5.91 Å². The van der Waals surface area contributed by atoms with Crippen molar-refractivity contribution in [1.82, 2.24) is 15.3 Å². The zero-order valence-corrected chi connectivity index (χ0v) is 12.3. The van der Waals surface area contributed by atoms with E-state index in [1.165, 1.54) is 18.3 Å². The fourth-order valence-electron chi connectivity index (χ4n) is 1.57. The van der Waals surface area contributed by atoms with Gasteiger partial charge in [0.05, 0.1) is 28.4 Å². The van der Waals surface area contributed by atoms with Gasteiger partial charge in [0.2, 0.25) is 0 Å². The van der Waals surface area contributed by atoms with E-state index >= 15 is 0 Å². The molecular formula is C13H8Cl2F3N3O. The molecule has 4 nitrogen and oxygen atoms in total. The number of hydrogen-bond donors (Lipinski definition) is 1. The third-order valence-electron chi connectivity index (χ3n) is 2.66. The van der Waals surface area contributed by atoms with Crippen LogP contribution in [0.3, 0.4) is 0 Å². The van der Waals surface area contributed by atoms with Gasteiger partial charge < -0.3 is 5.32 Å². The first-order chi connectivity index (χ1) is 10.3. The van der Waals surface area contributed by atoms with E-state index in [2.05, 4.69) is 15.3 Å². The zero-order chi connectivity index (χ0) is 16.3. The maximum atomic E-state index is 12.5. The van der Waals surface area contributed by atoms with Gasteiger partial charge in [0, 0.05) is 12.4 Å². The molecule has 1 amide bonds. The van der Waals surface area contributed by atoms with Crippen LogP contribution in [0, 0.1) is 0 Å². The van der Waals surface area contributed by atoms with E-state index in [1.54, 1.807) is 0 Å². The van der Waals surface area contributed by atoms with E-state index in [4.69, 9.17) is 23.2 Å². The molecule has 2 heterocycles. The molecule has 1 N–H and O–H groups in total. The Bertz CT molecular complexity index is 707. The van der Waals surface area contributed by atoms with Crippen LogP contribution in [-0.4, -0.2) is 15.9 Å². The molecule has 0 saturated heterocycles. The molecule has 0 radical (unpaired) electrons. The van der Waals surface area contributed by atoms with E-state index in [-0.39, 0.29) is 28.0 Å². The van der Waals surface area contributed by atoms with Crippen molar-refractivity contribution in [3.05, 3.63) is 57.6 Å². The molecule has 0 fully saturated rings. The average Bonchev–Trinajstić information content (AvgIpc) is 2.45. The lowest BCUT2D eigenvalue weighted by Gasteiger charge is -2.10. The number of amides is 1. The number of carbonyl (C=O) groups excluding carboxylic acids is 1. The van der Waals surface area contributed by atoms with E-state index in [1.807, 2.05) is 0 Å². The molecule has 22 heavy (non-hydrogen) atoms. The van der Waals surface area contributed by atoms with Crippen molar-refractivity contribution in [1.29, 1.82) is 0 Å². The van der Waals surface area contributed by atoms with Crippen LogP contribution in [0.15, 0.2) is 30.6 Å². The molecule has 0 aliphatic carbocycles. The Kier molecular flexibility index (Phi) is 4.87. The Morgan fingerprint density at radius 3 is 2.59 bits per heavy atom. The van der Waals surface area contributed by atoms with Crippen molar-refractivity contribution in [2.24, 2.45) is 0 Å². The summed E-state index contributed by atoms with van der Waals surface area (Å²) in [4.78, 5) is 19.3. The van der Waals surface area contributed by atoms with Gasteiger partial charge in [-0.1, -0.05) is 23.2 Å². The van der Waals surface area contributed by atoms with Crippen molar-refractivity contribution < 1.29 is 18.0 Å². The van der Waals surface area contributed by atoms with Crippen LogP contribution in [0.25, 0.3) is 0 Å². The molecule has 0 aromatic carbocycles. The largest absolute Gasteiger partial charge is 0.417 e. The quantitative estimate of drug-likeness (QED) is 0.859. The number of pyridine rings is 2. The molecule has 0 unspecified atom stereocenters. The molecule has 116 valence electrons. The first kappa shape index (κ1) is 16.5. The summed E-state index contributed by atoms with van der Waals surface area (Å²) < 4.78 is 37.5. The number of alkyl halides is 3. The third-order valence-corrected chi connectivity index (χ3v) is 3.29. The number of rotatable bonds is 3. The predicted molar refractivity (Wildman–Crippen MR) is 74.7 cm³/mol. The lowest BCUT2D eigenvalue weighted by molar-refractivity contribution is -0.137. The van der Waals surface area contributed by atoms with E-state index in [0.29, 0.717) is 6.20 Å². The molecule has 0 saturated carbocycles. The van der Waals surface area contributed by atoms with Gasteiger partial charge >= 0.3 is 6.18 Å². The Balaban J connectivity index is 2.09. The monoisotopic (exact) mass is 349 g/mol. The Hall–Kier alpha value is -1.86. The number of halogens is 5. The maximum absolute atomic E-state index is 12.5. The second-order valence-corrected chi connectivity index (χ2v) is 4.94. The van der Waals surface area contributed by atoms with Crippen molar-refractivity contribution in [2.45, 2.75) is 12.7 Å². The van der Waals surface area contributed by atoms with Crippen molar-refractivity contribution >= 4 is 29.1 Å². The molecule has 2 aromatic heterocycles. The highest BCUT2D eigenvalue weighted by atomic mass is 35.5. The number of nitrogens with zero attached hydrogens (tertiary/aromatic N) is 2. The molecular weight excluding hydrogens is 342 g/mol. The highest BCUT2D eigenvalue weighted by Crippen LogP contribution is 2.31. The Labute approximate surface area is 133 Å². The number of aromatic nitrogens is 2. The van der Waals surface area contributed by atoms with E-state index in [9.17, 15) is 18.0 Å². The van der Waals surface area contributed by atoms with Crippen LogP contribution in [0.1, 0.15) is 21.6 Å². The smallest absolute Gasteiger partial charge is 0.346 e. The molecule has 0 atom stereocenters. The zero-order valence-electron chi connectivity index (χ0n) is 10.8. The fourth-order valence-corrected chi connectivity index (χ4v) is 2.00. The molecule has 9 heteroatoms. The minimum atomic E-state index is -4.53. The summed E-state index contributed by atoms with van der Waals surface area (Å²) in [6.07, 6.45) is -2.44. The van der Waals surface area contributed by atoms with Crippen LogP contribution in [-0.2, 0) is 12.7 Å². The van der Waals surface area contributed by atoms with Crippen molar-refractivity contribution in [3.8, 4) is 0 Å². The summed E-state index contributed by atoms with van der Waals surface area (Å²) >= 11 is 11.5. The van der Waals surface area contributed by atoms with Gasteiger partial charge in [-0.25, -0.2) is 4.98 Å². The Morgan fingerprint density at radius 1 is 1.27 bits per heavy atom. The number of carbonyl (C=O) groups is 1. The van der Waals surface area contributed by atoms with Gasteiger partial charge in [0.1, 0.15) is 5.15 Å². The van der Waals surface area contributed by atoms with Crippen LogP contribution in [0.2, 0.25) is 10.2 Å². The highest BCUT2D eigenvalue weighted by Gasteiger charge is 2.31. The molecule has 2 rings (SSSR count). The van der Waals surface area contributed by atoms with Gasteiger partial charge in [-0.2, -0.15) is 13.2 Å². The summed E-state index contributed by atoms with van der Waals surface area (Å²) in [7, 11) is 0. The maximum Gasteiger partial charge on any atom is 0.417 e. The van der Waals surface area contributed by atoms with Crippen LogP contribution in [0.4, 0.5) is 13.2 Å². The van der Waals surface area contributed by atoms with E-state index in [0.717, 1.165) is 6.07 Å². The second kappa shape index (κ2) is 6.50. The summed E-state index contributed by atoms with van der Waals surface area (Å²) in [5.41, 5.74) is -0.696. The third kappa shape index (κ3) is 3.86. The second-order valence-electron chi connectivity index (χ2n) is 4.17. The predicted octanol–water partition coefficient (Wildman–Crippen LogP) is 3.73. The molecule has 0 aliphatic rings. The standard InChI is InChI=1S/C13H8Cl2F3N3O/c14-9-4-7(13(16,17)18)5-20-10(9)6-21-12(22)8-2-1-3-19-11(8)15/h1-5H,6H2,(H,21,22). The summed E-state index contributed by atoms with van der Waals surface area (Å²) in [5.74, 6) is -0.532. The van der Waals surface area contributed by atoms with Gasteiger partial charge in [-0.05, 0) is 18.2 Å². The summed E-state index contributed by atoms with van der Waals surface area (Å²) in [5, 5.41) is 2.30. The van der Waals surface area contributed by atoms with E-state index < -0.39 is 17.6 Å². The van der Waals surface area contributed by atoms with Gasteiger partial charge in [-0.15, -0.1) is 0 Å². The average molecular weight is 350 g/mol. The first-order valence-electron chi connectivity index (χ1n) is 5.89. The number of nitrogens with one attached hydrogen (secondary N) is 1. The lowest BCUT2D eigenvalue weighted by atomic mass is 10.2. The molecule has 0 aliphatic heterocycles. The van der Waals surface area contributed by atoms with Crippen molar-refractivity contribution in [3.63, 3.8) is 0 Å². The SMILES string of the molecule is O=C(NCc1ncc(C(F)(F)F)cc1Cl)c1cccnc1Cl. The highest BCUT2D eigenvalue weighted by molar-refractivity contribution is 6.32. The molecule has 2 aromatic rings. The summed E-state index contributed by atoms with van der Waals surface area (Å²) in [6.45, 7) is -0.138. The topological polar surface area (TPSA) is 54.9 Å². The van der Waals surface area contributed by atoms with Gasteiger partial charge in [-0.3, -0.25) is 9.78 Å². The minimum absolute atomic E-state index is 0.0199. The van der Waals surface area contributed by atoms with Crippen LogP contribution in [0.5, 0.6) is 0 Å². The first-order valence-corrected chi connectivity index (χ1v) is 6.65. The minimum Gasteiger partial charge on any atom is -0.346 e. The Morgan fingerprint density at radius 2 is 2.00 bits per heavy atom. The fraction of sp³-hybridized carbons (Fsp3) is 0.154.